The summed E-state index contributed by atoms with van der Waals surface area (Å²) in [6.45, 7) is 0.541. The maximum atomic E-state index is 12.8. The molecule has 13 unspecified atom stereocenters. The number of amides is 1. The van der Waals surface area contributed by atoms with Gasteiger partial charge >= 0.3 is 5.97 Å². The van der Waals surface area contributed by atoms with Crippen molar-refractivity contribution >= 4 is 11.9 Å². The lowest BCUT2D eigenvalue weighted by molar-refractivity contribution is -0.224. The van der Waals surface area contributed by atoms with Gasteiger partial charge in [-0.15, -0.1) is 0 Å². The van der Waals surface area contributed by atoms with Gasteiger partial charge < -0.3 is 26.4 Å². The Balaban J connectivity index is 1.03. The van der Waals surface area contributed by atoms with E-state index in [0.29, 0.717) is 77.6 Å². The van der Waals surface area contributed by atoms with Crippen molar-refractivity contribution in [2.75, 3.05) is 6.54 Å². The van der Waals surface area contributed by atoms with Gasteiger partial charge in [0.05, 0.1) is 12.2 Å². The SMILES string of the molecule is NCCCCC(NC(=O)CC1CC1C12CCC3C4C(O)CC5CC(O)CCC56CC(CCC31C2)C46)C(=O)O. The van der Waals surface area contributed by atoms with E-state index in [1.165, 1.54) is 38.5 Å². The van der Waals surface area contributed by atoms with Gasteiger partial charge in [-0.3, -0.25) is 4.79 Å². The number of rotatable bonds is 9. The first-order valence-electron chi connectivity index (χ1n) is 15.8. The van der Waals surface area contributed by atoms with Crippen molar-refractivity contribution in [1.29, 1.82) is 0 Å². The van der Waals surface area contributed by atoms with E-state index in [9.17, 15) is 24.9 Å². The number of carbonyl (C=O) groups is 2. The predicted octanol–water partition coefficient (Wildman–Crippen LogP) is 3.46. The van der Waals surface area contributed by atoms with Gasteiger partial charge in [0.1, 0.15) is 6.04 Å². The van der Waals surface area contributed by atoms with Crippen molar-refractivity contribution in [3.05, 3.63) is 0 Å². The molecule has 2 spiro atoms. The molecular weight excluding hydrogens is 480 g/mol. The summed E-state index contributed by atoms with van der Waals surface area (Å²) in [7, 11) is 0. The molecule has 0 radical (unpaired) electrons. The summed E-state index contributed by atoms with van der Waals surface area (Å²) in [6, 6.07) is -0.810. The fourth-order valence-corrected chi connectivity index (χ4v) is 12.3. The number of carboxylic acid groups (broad SMARTS) is 1. The first kappa shape index (κ1) is 25.8. The smallest absolute Gasteiger partial charge is 0.326 e. The molecule has 0 saturated heterocycles. The van der Waals surface area contributed by atoms with Crippen LogP contribution in [-0.4, -0.2) is 52.0 Å². The average Bonchev–Trinajstić information content (AvgIpc) is 3.75. The van der Waals surface area contributed by atoms with E-state index in [2.05, 4.69) is 5.32 Å². The van der Waals surface area contributed by atoms with E-state index in [0.717, 1.165) is 44.4 Å². The molecule has 0 heterocycles. The highest BCUT2D eigenvalue weighted by molar-refractivity contribution is 5.83. The van der Waals surface area contributed by atoms with Gasteiger partial charge in [-0.25, -0.2) is 4.79 Å². The van der Waals surface area contributed by atoms with E-state index in [1.807, 2.05) is 0 Å². The summed E-state index contributed by atoms with van der Waals surface area (Å²) in [5.41, 5.74) is 6.68. The first-order chi connectivity index (χ1) is 18.2. The minimum atomic E-state index is -0.951. The zero-order chi connectivity index (χ0) is 26.4. The summed E-state index contributed by atoms with van der Waals surface area (Å²) in [5.74, 6) is 2.94. The van der Waals surface area contributed by atoms with Crippen LogP contribution < -0.4 is 11.1 Å². The molecule has 0 bridgehead atoms. The largest absolute Gasteiger partial charge is 0.480 e. The Hall–Kier alpha value is -1.18. The third-order valence-corrected chi connectivity index (χ3v) is 13.7. The van der Waals surface area contributed by atoms with E-state index in [-0.39, 0.29) is 18.1 Å². The third kappa shape index (κ3) is 3.56. The van der Waals surface area contributed by atoms with Gasteiger partial charge in [-0.05, 0) is 154 Å². The summed E-state index contributed by atoms with van der Waals surface area (Å²) < 4.78 is 0. The third-order valence-electron chi connectivity index (χ3n) is 13.7. The second-order valence-corrected chi connectivity index (χ2v) is 15.0. The standard InChI is InChI=1S/C31H48N2O5/c32-10-2-1-3-23(28(37)38)33-25(36)12-18-11-22(18)31-9-6-21-26-24(35)14-19-13-20(34)5-7-29(19)15-17(27(26)29)4-8-30(21,31)16-31/h17-24,26-27,34-35H,1-16,32H2,(H,33,36)(H,37,38). The molecule has 7 rings (SSSR count). The number of carboxylic acids is 1. The molecule has 0 aliphatic heterocycles. The topological polar surface area (TPSA) is 133 Å². The lowest BCUT2D eigenvalue weighted by Crippen LogP contribution is -2.64. The van der Waals surface area contributed by atoms with Crippen LogP contribution in [0.5, 0.6) is 0 Å². The maximum Gasteiger partial charge on any atom is 0.326 e. The first-order valence-corrected chi connectivity index (χ1v) is 15.8. The van der Waals surface area contributed by atoms with Crippen LogP contribution in [0.4, 0.5) is 0 Å². The van der Waals surface area contributed by atoms with E-state index in [1.54, 1.807) is 0 Å². The van der Waals surface area contributed by atoms with Crippen LogP contribution in [0.2, 0.25) is 0 Å². The molecule has 7 saturated carbocycles. The highest BCUT2D eigenvalue weighted by Gasteiger charge is 2.82. The zero-order valence-electron chi connectivity index (χ0n) is 22.8. The van der Waals surface area contributed by atoms with E-state index < -0.39 is 12.0 Å². The Morgan fingerprint density at radius 3 is 2.55 bits per heavy atom. The molecule has 7 heteroatoms. The van der Waals surface area contributed by atoms with Gasteiger partial charge in [-0.2, -0.15) is 0 Å². The lowest BCUT2D eigenvalue weighted by Gasteiger charge is -2.68. The van der Waals surface area contributed by atoms with Gasteiger partial charge in [0.15, 0.2) is 0 Å². The summed E-state index contributed by atoms with van der Waals surface area (Å²) in [4.78, 5) is 24.5. The van der Waals surface area contributed by atoms with Crippen LogP contribution in [0, 0.1) is 57.7 Å². The molecule has 1 amide bonds. The number of carbonyl (C=O) groups excluding carboxylic acids is 1. The van der Waals surface area contributed by atoms with Crippen LogP contribution >= 0.6 is 0 Å². The van der Waals surface area contributed by atoms with Crippen molar-refractivity contribution in [1.82, 2.24) is 5.32 Å². The molecule has 0 aromatic heterocycles. The fourth-order valence-electron chi connectivity index (χ4n) is 12.3. The normalized spacial score (nSPS) is 52.2. The number of fused-ring (bicyclic) bond motifs is 1. The molecule has 7 nitrogen and oxygen atoms in total. The molecule has 38 heavy (non-hydrogen) atoms. The fraction of sp³-hybridized carbons (Fsp3) is 0.935. The maximum absolute atomic E-state index is 12.8. The molecule has 0 aromatic carbocycles. The quantitative estimate of drug-likeness (QED) is 0.291. The number of nitrogens with one attached hydrogen (secondary N) is 1. The number of aliphatic hydroxyl groups is 2. The molecule has 0 aromatic rings. The molecule has 13 atom stereocenters. The van der Waals surface area contributed by atoms with Crippen molar-refractivity contribution < 1.29 is 24.9 Å². The van der Waals surface area contributed by atoms with Crippen molar-refractivity contribution in [3.8, 4) is 0 Å². The van der Waals surface area contributed by atoms with Crippen LogP contribution in [0.15, 0.2) is 0 Å². The summed E-state index contributed by atoms with van der Waals surface area (Å²) >= 11 is 0. The van der Waals surface area contributed by atoms with Crippen molar-refractivity contribution in [2.24, 2.45) is 63.4 Å². The summed E-state index contributed by atoms with van der Waals surface area (Å²) in [6.07, 6.45) is 14.8. The van der Waals surface area contributed by atoms with Gasteiger partial charge in [0.25, 0.3) is 0 Å². The molecule has 212 valence electrons. The predicted molar refractivity (Wildman–Crippen MR) is 142 cm³/mol. The van der Waals surface area contributed by atoms with Crippen LogP contribution in [0.3, 0.4) is 0 Å². The Labute approximate surface area is 226 Å². The van der Waals surface area contributed by atoms with Crippen LogP contribution in [-0.2, 0) is 9.59 Å². The minimum absolute atomic E-state index is 0.104. The number of aliphatic hydroxyl groups excluding tert-OH is 2. The summed E-state index contributed by atoms with van der Waals surface area (Å²) in [5, 5.41) is 34.3. The number of aliphatic carboxylic acids is 1. The van der Waals surface area contributed by atoms with Crippen LogP contribution in [0.1, 0.15) is 96.3 Å². The highest BCUT2D eigenvalue weighted by atomic mass is 16.4. The second-order valence-electron chi connectivity index (χ2n) is 15.0. The number of hydrogen-bond acceptors (Lipinski definition) is 5. The monoisotopic (exact) mass is 528 g/mol. The molecule has 7 fully saturated rings. The lowest BCUT2D eigenvalue weighted by atomic mass is 9.37. The zero-order valence-corrected chi connectivity index (χ0v) is 22.8. The second kappa shape index (κ2) is 8.91. The Bertz CT molecular complexity index is 989. The Kier molecular flexibility index (Phi) is 6.04. The van der Waals surface area contributed by atoms with Gasteiger partial charge in [0, 0.05) is 6.42 Å². The number of nitrogens with two attached hydrogens (primary N) is 1. The number of hydrogen-bond donors (Lipinski definition) is 5. The van der Waals surface area contributed by atoms with Crippen LogP contribution in [0.25, 0.3) is 0 Å². The molecule has 6 N–H and O–H groups in total. The van der Waals surface area contributed by atoms with Crippen molar-refractivity contribution in [3.63, 3.8) is 0 Å². The average molecular weight is 529 g/mol. The highest BCUT2D eigenvalue weighted by Crippen LogP contribution is 2.88. The minimum Gasteiger partial charge on any atom is -0.480 e. The van der Waals surface area contributed by atoms with Gasteiger partial charge in [-0.1, -0.05) is 0 Å². The van der Waals surface area contributed by atoms with Gasteiger partial charge in [0.2, 0.25) is 5.91 Å². The molecule has 7 aliphatic carbocycles. The molecule has 7 aliphatic rings. The van der Waals surface area contributed by atoms with E-state index >= 15 is 0 Å². The molecular formula is C31H48N2O5. The Morgan fingerprint density at radius 2 is 1.76 bits per heavy atom. The van der Waals surface area contributed by atoms with Crippen molar-refractivity contribution in [2.45, 2.75) is 115 Å². The number of unbranched alkanes of at least 4 members (excludes halogenated alkanes) is 1. The van der Waals surface area contributed by atoms with E-state index in [4.69, 9.17) is 5.73 Å². The Morgan fingerprint density at radius 1 is 0.974 bits per heavy atom.